The summed E-state index contributed by atoms with van der Waals surface area (Å²) in [6.45, 7) is 3.79. The van der Waals surface area contributed by atoms with Crippen molar-refractivity contribution in [3.63, 3.8) is 0 Å². The molecule has 0 amide bonds. The minimum atomic E-state index is 0.0220. The maximum atomic E-state index is 10.2. The van der Waals surface area contributed by atoms with E-state index in [0.29, 0.717) is 6.04 Å². The third-order valence-corrected chi connectivity index (χ3v) is 1.48. The van der Waals surface area contributed by atoms with Crippen LogP contribution >= 0.6 is 0 Å². The fraction of sp³-hybridized carbons (Fsp3) is 0.833. The molecule has 2 atom stereocenters. The maximum absolute atomic E-state index is 10.2. The van der Waals surface area contributed by atoms with Crippen molar-refractivity contribution >= 4 is 6.29 Å². The molecule has 0 radical (unpaired) electrons. The largest absolute Gasteiger partial charge is 0.313 e. The van der Waals surface area contributed by atoms with E-state index in [1.807, 2.05) is 0 Å². The monoisotopic (exact) mass is 128 g/mol. The fourth-order valence-electron chi connectivity index (χ4n) is 1.03. The zero-order valence-corrected chi connectivity index (χ0v) is 5.55. The van der Waals surface area contributed by atoms with Crippen LogP contribution in [-0.2, 0) is 4.79 Å². The lowest BCUT2D eigenvalue weighted by Gasteiger charge is -2.25. The van der Waals surface area contributed by atoms with Gasteiger partial charge in [-0.2, -0.15) is 0 Å². The number of aldehydes is 1. The Morgan fingerprint density at radius 3 is 2.78 bits per heavy atom. The molecule has 1 fully saturated rings. The molecule has 0 aromatic rings. The second-order valence-corrected chi connectivity index (χ2v) is 2.47. The van der Waals surface area contributed by atoms with Crippen LogP contribution in [0.3, 0.4) is 0 Å². The van der Waals surface area contributed by atoms with Crippen LogP contribution in [0.4, 0.5) is 0 Å². The summed E-state index contributed by atoms with van der Waals surface area (Å²) in [6, 6.07) is 0.447. The van der Waals surface area contributed by atoms with Gasteiger partial charge in [0.2, 0.25) is 0 Å². The van der Waals surface area contributed by atoms with Crippen molar-refractivity contribution in [3.05, 3.63) is 0 Å². The lowest BCUT2D eigenvalue weighted by molar-refractivity contribution is -0.109. The summed E-state index contributed by atoms with van der Waals surface area (Å²) < 4.78 is 0. The van der Waals surface area contributed by atoms with Gasteiger partial charge in [0, 0.05) is 19.1 Å². The Hall–Kier alpha value is -0.410. The van der Waals surface area contributed by atoms with E-state index in [4.69, 9.17) is 0 Å². The highest BCUT2D eigenvalue weighted by Gasteiger charge is 2.14. The SMILES string of the molecule is CC1CNCC(C=O)N1. The summed E-state index contributed by atoms with van der Waals surface area (Å²) in [7, 11) is 0. The van der Waals surface area contributed by atoms with Gasteiger partial charge in [-0.05, 0) is 6.92 Å². The topological polar surface area (TPSA) is 41.1 Å². The molecule has 3 nitrogen and oxygen atoms in total. The lowest BCUT2D eigenvalue weighted by Crippen LogP contribution is -2.54. The van der Waals surface area contributed by atoms with Crippen LogP contribution in [0.5, 0.6) is 0 Å². The molecule has 2 unspecified atom stereocenters. The summed E-state index contributed by atoms with van der Waals surface area (Å²) in [4.78, 5) is 10.2. The second kappa shape index (κ2) is 2.94. The number of rotatable bonds is 1. The zero-order chi connectivity index (χ0) is 6.69. The van der Waals surface area contributed by atoms with E-state index >= 15 is 0 Å². The number of nitrogens with one attached hydrogen (secondary N) is 2. The minimum Gasteiger partial charge on any atom is -0.313 e. The van der Waals surface area contributed by atoms with Crippen LogP contribution in [0.25, 0.3) is 0 Å². The molecule has 1 rings (SSSR count). The van der Waals surface area contributed by atoms with Gasteiger partial charge in [0.05, 0.1) is 6.04 Å². The molecule has 0 bridgehead atoms. The van der Waals surface area contributed by atoms with E-state index in [1.54, 1.807) is 0 Å². The van der Waals surface area contributed by atoms with Crippen LogP contribution in [0.2, 0.25) is 0 Å². The van der Waals surface area contributed by atoms with E-state index in [-0.39, 0.29) is 6.04 Å². The Kier molecular flexibility index (Phi) is 2.19. The van der Waals surface area contributed by atoms with Crippen molar-refractivity contribution in [3.8, 4) is 0 Å². The number of hydrogen-bond donors (Lipinski definition) is 2. The summed E-state index contributed by atoms with van der Waals surface area (Å²) in [6.07, 6.45) is 0.947. The summed E-state index contributed by atoms with van der Waals surface area (Å²) in [5, 5.41) is 6.28. The summed E-state index contributed by atoms with van der Waals surface area (Å²) in [5.41, 5.74) is 0. The first-order valence-corrected chi connectivity index (χ1v) is 3.25. The van der Waals surface area contributed by atoms with Gasteiger partial charge in [-0.25, -0.2) is 0 Å². The van der Waals surface area contributed by atoms with E-state index in [0.717, 1.165) is 19.4 Å². The average molecular weight is 128 g/mol. The van der Waals surface area contributed by atoms with E-state index in [1.165, 1.54) is 0 Å². The molecular weight excluding hydrogens is 116 g/mol. The van der Waals surface area contributed by atoms with Gasteiger partial charge in [0.1, 0.15) is 6.29 Å². The highest BCUT2D eigenvalue weighted by atomic mass is 16.1. The van der Waals surface area contributed by atoms with Gasteiger partial charge in [-0.3, -0.25) is 0 Å². The minimum absolute atomic E-state index is 0.0220. The Balaban J connectivity index is 2.31. The molecule has 0 aliphatic carbocycles. The molecule has 0 aromatic heterocycles. The van der Waals surface area contributed by atoms with Crippen molar-refractivity contribution in [1.29, 1.82) is 0 Å². The van der Waals surface area contributed by atoms with Gasteiger partial charge < -0.3 is 15.4 Å². The Morgan fingerprint density at radius 2 is 2.33 bits per heavy atom. The van der Waals surface area contributed by atoms with Crippen molar-refractivity contribution in [2.24, 2.45) is 0 Å². The van der Waals surface area contributed by atoms with E-state index < -0.39 is 0 Å². The van der Waals surface area contributed by atoms with E-state index in [9.17, 15) is 4.79 Å². The fourth-order valence-corrected chi connectivity index (χ4v) is 1.03. The quantitative estimate of drug-likeness (QED) is 0.451. The smallest absolute Gasteiger partial charge is 0.138 e. The number of piperazine rings is 1. The van der Waals surface area contributed by atoms with Gasteiger partial charge in [0.15, 0.2) is 0 Å². The second-order valence-electron chi connectivity index (χ2n) is 2.47. The van der Waals surface area contributed by atoms with E-state index in [2.05, 4.69) is 17.6 Å². The first-order chi connectivity index (χ1) is 4.33. The Morgan fingerprint density at radius 1 is 1.56 bits per heavy atom. The Bertz CT molecular complexity index is 105. The molecule has 52 valence electrons. The molecule has 0 aromatic carbocycles. The molecule has 1 saturated heterocycles. The molecule has 0 saturated carbocycles. The molecule has 1 heterocycles. The molecule has 1 aliphatic rings. The first-order valence-electron chi connectivity index (χ1n) is 3.25. The highest BCUT2D eigenvalue weighted by molar-refractivity contribution is 5.58. The van der Waals surface area contributed by atoms with Gasteiger partial charge in [-0.1, -0.05) is 0 Å². The third-order valence-electron chi connectivity index (χ3n) is 1.48. The third kappa shape index (κ3) is 1.77. The predicted octanol–water partition coefficient (Wildman–Crippen LogP) is -0.865. The molecule has 0 spiro atoms. The standard InChI is InChI=1S/C6H12N2O/c1-5-2-7-3-6(4-9)8-5/h4-8H,2-3H2,1H3. The van der Waals surface area contributed by atoms with Crippen LogP contribution in [0.1, 0.15) is 6.92 Å². The molecule has 9 heavy (non-hydrogen) atoms. The van der Waals surface area contributed by atoms with Crippen molar-refractivity contribution in [2.45, 2.75) is 19.0 Å². The Labute approximate surface area is 54.8 Å². The molecule has 2 N–H and O–H groups in total. The number of carbonyl (C=O) groups is 1. The molecular formula is C6H12N2O. The maximum Gasteiger partial charge on any atom is 0.138 e. The van der Waals surface area contributed by atoms with Gasteiger partial charge in [-0.15, -0.1) is 0 Å². The van der Waals surface area contributed by atoms with Crippen LogP contribution in [0, 0.1) is 0 Å². The number of hydrogen-bond acceptors (Lipinski definition) is 3. The normalized spacial score (nSPS) is 36.1. The van der Waals surface area contributed by atoms with Crippen molar-refractivity contribution in [2.75, 3.05) is 13.1 Å². The van der Waals surface area contributed by atoms with Crippen LogP contribution < -0.4 is 10.6 Å². The zero-order valence-electron chi connectivity index (χ0n) is 5.55. The highest BCUT2D eigenvalue weighted by Crippen LogP contribution is 1.88. The summed E-state index contributed by atoms with van der Waals surface area (Å²) in [5.74, 6) is 0. The first kappa shape index (κ1) is 6.71. The predicted molar refractivity (Wildman–Crippen MR) is 35.3 cm³/mol. The van der Waals surface area contributed by atoms with Gasteiger partial charge in [0.25, 0.3) is 0 Å². The average Bonchev–Trinajstić information content (AvgIpc) is 1.88. The molecule has 1 aliphatic heterocycles. The van der Waals surface area contributed by atoms with Crippen LogP contribution in [0.15, 0.2) is 0 Å². The molecule has 3 heteroatoms. The number of carbonyl (C=O) groups excluding carboxylic acids is 1. The lowest BCUT2D eigenvalue weighted by atomic mass is 10.2. The van der Waals surface area contributed by atoms with Crippen molar-refractivity contribution < 1.29 is 4.79 Å². The van der Waals surface area contributed by atoms with Crippen LogP contribution in [-0.4, -0.2) is 31.5 Å². The van der Waals surface area contributed by atoms with Crippen molar-refractivity contribution in [1.82, 2.24) is 10.6 Å². The van der Waals surface area contributed by atoms with Gasteiger partial charge >= 0.3 is 0 Å². The summed E-state index contributed by atoms with van der Waals surface area (Å²) >= 11 is 0.